The van der Waals surface area contributed by atoms with Crippen molar-refractivity contribution in [2.24, 2.45) is 0 Å². The van der Waals surface area contributed by atoms with Crippen molar-refractivity contribution in [2.45, 2.75) is 11.9 Å². The van der Waals surface area contributed by atoms with E-state index in [4.69, 9.17) is 28.0 Å². The molecule has 0 radical (unpaired) electrons. The topological polar surface area (TPSA) is 32.7 Å². The van der Waals surface area contributed by atoms with Gasteiger partial charge in [-0.3, -0.25) is 5.21 Å². The van der Waals surface area contributed by atoms with Crippen molar-refractivity contribution in [3.63, 3.8) is 0 Å². The maximum Gasteiger partial charge on any atom is 0.194 e. The van der Waals surface area contributed by atoms with Crippen LogP contribution in [0.25, 0.3) is 5.76 Å². The van der Waals surface area contributed by atoms with Crippen LogP contribution in [0.15, 0.2) is 35.4 Å². The third-order valence-corrected chi connectivity index (χ3v) is 3.14. The lowest BCUT2D eigenvalue weighted by Gasteiger charge is -2.19. The molecule has 15 heavy (non-hydrogen) atoms. The average molecular weight is 246 g/mol. The molecule has 1 aromatic carbocycles. The maximum atomic E-state index is 9.41. The van der Waals surface area contributed by atoms with Gasteiger partial charge in [-0.2, -0.15) is 0 Å². The van der Waals surface area contributed by atoms with Crippen LogP contribution in [0.4, 0.5) is 0 Å². The normalized spacial score (nSPS) is 26.9. The Morgan fingerprint density at radius 2 is 1.93 bits per heavy atom. The molecule has 5 heteroatoms. The van der Waals surface area contributed by atoms with Crippen molar-refractivity contribution in [1.29, 1.82) is 0 Å². The fourth-order valence-corrected chi connectivity index (χ4v) is 1.61. The summed E-state index contributed by atoms with van der Waals surface area (Å²) in [6, 6.07) is 9.22. The van der Waals surface area contributed by atoms with Gasteiger partial charge in [0.25, 0.3) is 0 Å². The molecule has 1 unspecified atom stereocenters. The molecule has 0 saturated heterocycles. The first kappa shape index (κ1) is 10.8. The number of alkyl halides is 1. The molecule has 3 nitrogen and oxygen atoms in total. The van der Waals surface area contributed by atoms with E-state index < -0.39 is 5.00 Å². The molecule has 1 aliphatic rings. The molecule has 0 saturated carbocycles. The quantitative estimate of drug-likeness (QED) is 0.610. The van der Waals surface area contributed by atoms with E-state index in [1.54, 1.807) is 6.92 Å². The molecule has 1 aromatic rings. The Bertz CT molecular complexity index is 403. The summed E-state index contributed by atoms with van der Waals surface area (Å²) in [7, 11) is 0. The number of hydrogen-bond donors (Lipinski definition) is 1. The Hall–Kier alpha value is -0.740. The van der Waals surface area contributed by atoms with Gasteiger partial charge in [0.15, 0.2) is 10.8 Å². The largest absolute Gasteiger partial charge is 0.377 e. The van der Waals surface area contributed by atoms with Crippen molar-refractivity contribution in [3.05, 3.63) is 40.9 Å². The van der Waals surface area contributed by atoms with Gasteiger partial charge in [-0.1, -0.05) is 53.5 Å². The smallest absolute Gasteiger partial charge is 0.194 e. The first-order chi connectivity index (χ1) is 7.03. The van der Waals surface area contributed by atoms with Gasteiger partial charge < -0.3 is 4.84 Å². The average Bonchev–Trinajstić information content (AvgIpc) is 2.44. The summed E-state index contributed by atoms with van der Waals surface area (Å²) < 4.78 is 0. The molecule has 1 aliphatic heterocycles. The minimum atomic E-state index is -1.23. The third kappa shape index (κ3) is 1.72. The number of hydroxylamine groups is 2. The monoisotopic (exact) mass is 245 g/mol. The van der Waals surface area contributed by atoms with E-state index in [-0.39, 0.29) is 5.03 Å². The van der Waals surface area contributed by atoms with Crippen LogP contribution in [-0.4, -0.2) is 15.4 Å². The van der Waals surface area contributed by atoms with Gasteiger partial charge in [0.05, 0.1) is 0 Å². The van der Waals surface area contributed by atoms with Gasteiger partial charge in [-0.25, -0.2) is 0 Å². The van der Waals surface area contributed by atoms with Gasteiger partial charge in [-0.15, -0.1) is 0 Å². The summed E-state index contributed by atoms with van der Waals surface area (Å²) in [6.45, 7) is 1.55. The third-order valence-electron chi connectivity index (χ3n) is 2.17. The summed E-state index contributed by atoms with van der Waals surface area (Å²) in [5.74, 6) is 0.372. The minimum Gasteiger partial charge on any atom is -0.377 e. The molecule has 1 N–H and O–H groups in total. The Morgan fingerprint density at radius 3 is 2.40 bits per heavy atom. The number of halogens is 2. The molecule has 0 amide bonds. The summed E-state index contributed by atoms with van der Waals surface area (Å²) >= 11 is 12.0. The summed E-state index contributed by atoms with van der Waals surface area (Å²) in [5.41, 5.74) is 0.769. The Balaban J connectivity index is 2.44. The van der Waals surface area contributed by atoms with E-state index in [1.807, 2.05) is 30.3 Å². The minimum absolute atomic E-state index is 0.262. The fourth-order valence-electron chi connectivity index (χ4n) is 1.27. The second-order valence-electron chi connectivity index (χ2n) is 3.33. The highest BCUT2D eigenvalue weighted by Gasteiger charge is 2.44. The molecule has 1 atom stereocenters. The lowest BCUT2D eigenvalue weighted by molar-refractivity contribution is -0.313. The van der Waals surface area contributed by atoms with Crippen LogP contribution >= 0.6 is 23.2 Å². The Morgan fingerprint density at radius 1 is 1.33 bits per heavy atom. The zero-order valence-electron chi connectivity index (χ0n) is 7.95. The van der Waals surface area contributed by atoms with E-state index in [0.29, 0.717) is 11.0 Å². The number of benzene rings is 1. The number of rotatable bonds is 1. The summed E-state index contributed by atoms with van der Waals surface area (Å²) in [5, 5.41) is 10.2. The molecule has 0 aliphatic carbocycles. The second kappa shape index (κ2) is 3.68. The summed E-state index contributed by atoms with van der Waals surface area (Å²) in [4.78, 5) is 3.85. The molecule has 2 rings (SSSR count). The van der Waals surface area contributed by atoms with Crippen LogP contribution in [0.1, 0.15) is 12.5 Å². The zero-order valence-corrected chi connectivity index (χ0v) is 9.46. The van der Waals surface area contributed by atoms with Crippen LogP contribution in [0.5, 0.6) is 0 Å². The van der Waals surface area contributed by atoms with Crippen molar-refractivity contribution in [3.8, 4) is 0 Å². The lowest BCUT2D eigenvalue weighted by atomic mass is 10.1. The van der Waals surface area contributed by atoms with Gasteiger partial charge in [0, 0.05) is 10.8 Å². The van der Waals surface area contributed by atoms with Gasteiger partial charge in [0.1, 0.15) is 5.03 Å². The van der Waals surface area contributed by atoms with Crippen LogP contribution in [-0.2, 0) is 4.84 Å². The van der Waals surface area contributed by atoms with Gasteiger partial charge in [-0.05, 0) is 6.92 Å². The van der Waals surface area contributed by atoms with Crippen molar-refractivity contribution >= 4 is 29.0 Å². The molecule has 0 bridgehead atoms. The zero-order chi connectivity index (χ0) is 11.1. The first-order valence-electron chi connectivity index (χ1n) is 4.35. The highest BCUT2D eigenvalue weighted by atomic mass is 35.5. The fraction of sp³-hybridized carbons (Fsp3) is 0.200. The summed E-state index contributed by atoms with van der Waals surface area (Å²) in [6.07, 6.45) is 0. The Labute approximate surface area is 97.4 Å². The van der Waals surface area contributed by atoms with Gasteiger partial charge in [0.2, 0.25) is 0 Å². The molecular weight excluding hydrogens is 237 g/mol. The molecular formula is C10H9Cl2NO2. The van der Waals surface area contributed by atoms with E-state index in [9.17, 15) is 5.21 Å². The number of nitrogens with zero attached hydrogens (tertiary/aromatic N) is 1. The SMILES string of the molecule is CC1(Cl)C(Cl)=C(c2ccccc2)ON1O. The van der Waals surface area contributed by atoms with Gasteiger partial charge >= 0.3 is 0 Å². The van der Waals surface area contributed by atoms with Crippen molar-refractivity contribution in [1.82, 2.24) is 5.23 Å². The van der Waals surface area contributed by atoms with Crippen molar-refractivity contribution in [2.75, 3.05) is 0 Å². The predicted molar refractivity (Wildman–Crippen MR) is 58.2 cm³/mol. The number of hydrogen-bond acceptors (Lipinski definition) is 3. The highest BCUT2D eigenvalue weighted by molar-refractivity contribution is 6.41. The van der Waals surface area contributed by atoms with E-state index in [0.717, 1.165) is 5.56 Å². The standard InChI is InChI=1S/C10H9Cl2NO2/c1-10(12)9(11)8(15-13(10)14)7-5-3-2-4-6-7/h2-6,14H,1H3. The van der Waals surface area contributed by atoms with Crippen molar-refractivity contribution < 1.29 is 10.0 Å². The lowest BCUT2D eigenvalue weighted by Crippen LogP contribution is -2.33. The molecule has 0 spiro atoms. The Kier molecular flexibility index (Phi) is 2.64. The highest BCUT2D eigenvalue weighted by Crippen LogP contribution is 2.43. The molecule has 1 heterocycles. The van der Waals surface area contributed by atoms with Crippen LogP contribution in [0.2, 0.25) is 0 Å². The first-order valence-corrected chi connectivity index (χ1v) is 5.10. The van der Waals surface area contributed by atoms with E-state index in [1.165, 1.54) is 0 Å². The molecule has 0 fully saturated rings. The van der Waals surface area contributed by atoms with Crippen LogP contribution in [0, 0.1) is 0 Å². The second-order valence-corrected chi connectivity index (χ2v) is 4.44. The predicted octanol–water partition coefficient (Wildman–Crippen LogP) is 3.19. The van der Waals surface area contributed by atoms with Crippen LogP contribution < -0.4 is 0 Å². The molecule has 80 valence electrons. The maximum absolute atomic E-state index is 9.41. The molecule has 0 aromatic heterocycles. The van der Waals surface area contributed by atoms with E-state index >= 15 is 0 Å². The van der Waals surface area contributed by atoms with Crippen LogP contribution in [0.3, 0.4) is 0 Å². The van der Waals surface area contributed by atoms with E-state index in [2.05, 4.69) is 0 Å².